The summed E-state index contributed by atoms with van der Waals surface area (Å²) in [5, 5.41) is 11.6. The van der Waals surface area contributed by atoms with E-state index >= 15 is 0 Å². The topological polar surface area (TPSA) is 80.2 Å². The van der Waals surface area contributed by atoms with Crippen molar-refractivity contribution < 1.29 is 28.2 Å². The van der Waals surface area contributed by atoms with Crippen LogP contribution < -0.4 is 10.1 Å². The maximum atomic E-state index is 14.1. The molecule has 1 aliphatic rings. The van der Waals surface area contributed by atoms with E-state index in [1.54, 1.807) is 24.3 Å². The summed E-state index contributed by atoms with van der Waals surface area (Å²) in [4.78, 5) is 18.1. The van der Waals surface area contributed by atoms with Gasteiger partial charge in [0.25, 0.3) is 5.91 Å². The number of nitrogens with one attached hydrogen (secondary N) is 1. The molecular formula is C27H26F2N2O4. The highest BCUT2D eigenvalue weighted by molar-refractivity contribution is 6.00. The van der Waals surface area contributed by atoms with Crippen molar-refractivity contribution in [2.24, 2.45) is 4.99 Å². The largest absolute Gasteiger partial charge is 0.494 e. The molecule has 0 saturated heterocycles. The summed E-state index contributed by atoms with van der Waals surface area (Å²) >= 11 is 0. The molecule has 6 nitrogen and oxygen atoms in total. The first-order valence-electron chi connectivity index (χ1n) is 11.3. The second-order valence-corrected chi connectivity index (χ2v) is 8.27. The minimum Gasteiger partial charge on any atom is -0.494 e. The number of rotatable bonds is 10. The molecule has 0 fully saturated rings. The van der Waals surface area contributed by atoms with Crippen LogP contribution in [0.1, 0.15) is 23.1 Å². The summed E-state index contributed by atoms with van der Waals surface area (Å²) in [7, 11) is 0. The molecule has 1 aliphatic heterocycles. The van der Waals surface area contributed by atoms with Crippen LogP contribution >= 0.6 is 0 Å². The summed E-state index contributed by atoms with van der Waals surface area (Å²) in [6.45, 7) is 0.375. The van der Waals surface area contributed by atoms with Crippen molar-refractivity contribution >= 4 is 11.8 Å². The Labute approximate surface area is 202 Å². The van der Waals surface area contributed by atoms with E-state index in [2.05, 4.69) is 5.32 Å². The molecule has 0 aliphatic carbocycles. The Morgan fingerprint density at radius 2 is 1.86 bits per heavy atom. The molecule has 4 rings (SSSR count). The molecule has 0 bridgehead atoms. The van der Waals surface area contributed by atoms with Gasteiger partial charge in [-0.1, -0.05) is 36.4 Å². The van der Waals surface area contributed by atoms with Gasteiger partial charge < -0.3 is 19.9 Å². The summed E-state index contributed by atoms with van der Waals surface area (Å²) in [6, 6.07) is 19.8. The van der Waals surface area contributed by atoms with Crippen molar-refractivity contribution in [1.82, 2.24) is 5.32 Å². The van der Waals surface area contributed by atoms with Crippen molar-refractivity contribution in [3.05, 3.63) is 101 Å². The average Bonchev–Trinajstić information content (AvgIpc) is 3.30. The number of carbonyl (C=O) groups excluding carboxylic acids is 1. The molecule has 0 radical (unpaired) electrons. The Kier molecular flexibility index (Phi) is 7.72. The van der Waals surface area contributed by atoms with Crippen LogP contribution in [0.4, 0.5) is 8.78 Å². The van der Waals surface area contributed by atoms with E-state index in [0.717, 1.165) is 17.7 Å². The Morgan fingerprint density at radius 3 is 2.57 bits per heavy atom. The molecule has 35 heavy (non-hydrogen) atoms. The van der Waals surface area contributed by atoms with Crippen LogP contribution in [0, 0.1) is 11.6 Å². The first-order chi connectivity index (χ1) is 17.0. The minimum absolute atomic E-state index is 0.0176. The van der Waals surface area contributed by atoms with Crippen LogP contribution in [-0.4, -0.2) is 42.3 Å². The smallest absolute Gasteiger partial charge is 0.252 e. The predicted molar refractivity (Wildman–Crippen MR) is 127 cm³/mol. The van der Waals surface area contributed by atoms with Gasteiger partial charge in [-0.15, -0.1) is 0 Å². The number of hydrogen-bond acceptors (Lipinski definition) is 5. The molecular weight excluding hydrogens is 454 g/mol. The lowest BCUT2D eigenvalue weighted by molar-refractivity contribution is -0.126. The third kappa shape index (κ3) is 6.02. The zero-order chi connectivity index (χ0) is 24.7. The van der Waals surface area contributed by atoms with E-state index in [9.17, 15) is 13.6 Å². The Balaban J connectivity index is 1.55. The van der Waals surface area contributed by atoms with Crippen molar-refractivity contribution in [1.29, 1.82) is 0 Å². The van der Waals surface area contributed by atoms with Gasteiger partial charge >= 0.3 is 0 Å². The monoisotopic (exact) mass is 480 g/mol. The second kappa shape index (κ2) is 11.1. The number of carbonyl (C=O) groups is 1. The van der Waals surface area contributed by atoms with Gasteiger partial charge in [0.2, 0.25) is 5.90 Å². The Bertz CT molecular complexity index is 1190. The summed E-state index contributed by atoms with van der Waals surface area (Å²) in [5.41, 5.74) is 0.516. The normalized spacial score (nSPS) is 16.9. The van der Waals surface area contributed by atoms with Crippen LogP contribution in [-0.2, 0) is 22.5 Å². The highest BCUT2D eigenvalue weighted by atomic mass is 19.1. The SMILES string of the molecule is O=C(NCc1ccc(F)cc1F)[C@@]1(Cc2ccccc2)COC(c2ccc(OCCCO)cc2)=N1. The van der Waals surface area contributed by atoms with Gasteiger partial charge in [-0.3, -0.25) is 4.79 Å². The van der Waals surface area contributed by atoms with E-state index in [0.29, 0.717) is 30.2 Å². The lowest BCUT2D eigenvalue weighted by atomic mass is 9.91. The summed E-state index contributed by atoms with van der Waals surface area (Å²) in [6.07, 6.45) is 0.827. The van der Waals surface area contributed by atoms with Crippen molar-refractivity contribution in [2.45, 2.75) is 24.9 Å². The molecule has 1 heterocycles. The number of aliphatic hydroxyl groups excluding tert-OH is 1. The number of hydrogen-bond donors (Lipinski definition) is 2. The molecule has 0 aromatic heterocycles. The number of halogens is 2. The molecule has 1 amide bonds. The van der Waals surface area contributed by atoms with Gasteiger partial charge in [-0.25, -0.2) is 13.8 Å². The molecule has 1 atom stereocenters. The third-order valence-electron chi connectivity index (χ3n) is 5.65. The Morgan fingerprint density at radius 1 is 1.09 bits per heavy atom. The van der Waals surface area contributed by atoms with Gasteiger partial charge in [-0.05, 0) is 35.9 Å². The number of amides is 1. The lowest BCUT2D eigenvalue weighted by Crippen LogP contribution is -2.48. The van der Waals surface area contributed by atoms with E-state index in [1.165, 1.54) is 6.07 Å². The fraction of sp³-hybridized carbons (Fsp3) is 0.259. The van der Waals surface area contributed by atoms with Crippen molar-refractivity contribution in [3.8, 4) is 5.75 Å². The molecule has 3 aromatic carbocycles. The predicted octanol–water partition coefficient (Wildman–Crippen LogP) is 3.80. The molecule has 182 valence electrons. The first-order valence-corrected chi connectivity index (χ1v) is 11.3. The van der Waals surface area contributed by atoms with E-state index in [4.69, 9.17) is 19.6 Å². The highest BCUT2D eigenvalue weighted by Gasteiger charge is 2.44. The zero-order valence-corrected chi connectivity index (χ0v) is 19.0. The van der Waals surface area contributed by atoms with Crippen LogP contribution in [0.2, 0.25) is 0 Å². The van der Waals surface area contributed by atoms with E-state index < -0.39 is 23.1 Å². The Hall–Kier alpha value is -3.78. The first kappa shape index (κ1) is 24.3. The number of aliphatic hydroxyl groups is 1. The van der Waals surface area contributed by atoms with Crippen LogP contribution in [0.5, 0.6) is 5.75 Å². The van der Waals surface area contributed by atoms with Gasteiger partial charge in [0.15, 0.2) is 5.54 Å². The quantitative estimate of drug-likeness (QED) is 0.433. The average molecular weight is 481 g/mol. The molecule has 2 N–H and O–H groups in total. The maximum absolute atomic E-state index is 14.1. The summed E-state index contributed by atoms with van der Waals surface area (Å²) < 4.78 is 38.7. The third-order valence-corrected chi connectivity index (χ3v) is 5.65. The molecule has 0 spiro atoms. The number of ether oxygens (including phenoxy) is 2. The zero-order valence-electron chi connectivity index (χ0n) is 19.0. The highest BCUT2D eigenvalue weighted by Crippen LogP contribution is 2.28. The van der Waals surface area contributed by atoms with Gasteiger partial charge in [0.05, 0.1) is 6.61 Å². The number of nitrogens with zero attached hydrogens (tertiary/aromatic N) is 1. The van der Waals surface area contributed by atoms with E-state index in [1.807, 2.05) is 30.3 Å². The van der Waals surface area contributed by atoms with Crippen LogP contribution in [0.15, 0.2) is 77.8 Å². The minimum atomic E-state index is -1.25. The molecule has 0 unspecified atom stereocenters. The van der Waals surface area contributed by atoms with Crippen molar-refractivity contribution in [3.63, 3.8) is 0 Å². The lowest BCUT2D eigenvalue weighted by Gasteiger charge is -2.23. The fourth-order valence-corrected chi connectivity index (χ4v) is 3.77. The fourth-order valence-electron chi connectivity index (χ4n) is 3.77. The number of benzene rings is 3. The molecule has 3 aromatic rings. The van der Waals surface area contributed by atoms with Crippen molar-refractivity contribution in [2.75, 3.05) is 19.8 Å². The molecule has 0 saturated carbocycles. The summed E-state index contributed by atoms with van der Waals surface area (Å²) in [5.74, 6) is -0.845. The standard InChI is InChI=1S/C27H26F2N2O4/c28-22-10-7-21(24(29)15-22)17-30-26(33)27(16-19-5-2-1-3-6-19)18-35-25(31-27)20-8-11-23(12-9-20)34-14-4-13-32/h1-3,5-12,15,32H,4,13-14,16-18H2,(H,30,33)/t27-/m1/s1. The second-order valence-electron chi connectivity index (χ2n) is 8.27. The number of aliphatic imine (C=N–C) groups is 1. The van der Waals surface area contributed by atoms with Gasteiger partial charge in [0, 0.05) is 43.2 Å². The van der Waals surface area contributed by atoms with Crippen LogP contribution in [0.3, 0.4) is 0 Å². The van der Waals surface area contributed by atoms with Crippen LogP contribution in [0.25, 0.3) is 0 Å². The van der Waals surface area contributed by atoms with E-state index in [-0.39, 0.29) is 31.7 Å². The molecule has 8 heteroatoms. The van der Waals surface area contributed by atoms with Gasteiger partial charge in [0.1, 0.15) is 24.0 Å². The maximum Gasteiger partial charge on any atom is 0.252 e. The van der Waals surface area contributed by atoms with Gasteiger partial charge in [-0.2, -0.15) is 0 Å².